The van der Waals surface area contributed by atoms with Crippen LogP contribution in [0, 0.1) is 0 Å². The summed E-state index contributed by atoms with van der Waals surface area (Å²) in [6.45, 7) is 3.71. The topological polar surface area (TPSA) is 66.4 Å². The Morgan fingerprint density at radius 2 is 1.75 bits per heavy atom. The Hall–Kier alpha value is -0.910. The van der Waals surface area contributed by atoms with Crippen molar-refractivity contribution in [1.82, 2.24) is 5.48 Å². The van der Waals surface area contributed by atoms with Crippen LogP contribution in [0.15, 0.2) is 24.3 Å². The van der Waals surface area contributed by atoms with Gasteiger partial charge >= 0.3 is 0 Å². The SMILES string of the molecule is CC(C)(c1ccc(CNO)cc1)S(C)(=O)=O. The molecule has 1 aromatic carbocycles. The van der Waals surface area contributed by atoms with E-state index >= 15 is 0 Å². The predicted molar refractivity (Wildman–Crippen MR) is 62.9 cm³/mol. The largest absolute Gasteiger partial charge is 0.316 e. The van der Waals surface area contributed by atoms with E-state index in [-0.39, 0.29) is 0 Å². The van der Waals surface area contributed by atoms with E-state index in [1.807, 2.05) is 0 Å². The number of hydrogen-bond donors (Lipinski definition) is 2. The van der Waals surface area contributed by atoms with Crippen molar-refractivity contribution in [3.8, 4) is 0 Å². The molecule has 5 heteroatoms. The van der Waals surface area contributed by atoms with Gasteiger partial charge < -0.3 is 5.21 Å². The van der Waals surface area contributed by atoms with E-state index in [0.717, 1.165) is 11.1 Å². The third-order valence-electron chi connectivity index (χ3n) is 2.86. The molecule has 0 amide bonds. The molecule has 0 aliphatic rings. The number of hydrogen-bond acceptors (Lipinski definition) is 4. The van der Waals surface area contributed by atoms with Crippen LogP contribution >= 0.6 is 0 Å². The molecule has 0 fully saturated rings. The van der Waals surface area contributed by atoms with Crippen molar-refractivity contribution in [3.63, 3.8) is 0 Å². The summed E-state index contributed by atoms with van der Waals surface area (Å²) in [4.78, 5) is 0. The highest BCUT2D eigenvalue weighted by Gasteiger charge is 2.31. The summed E-state index contributed by atoms with van der Waals surface area (Å²) in [7, 11) is -3.15. The highest BCUT2D eigenvalue weighted by Crippen LogP contribution is 2.28. The summed E-state index contributed by atoms with van der Waals surface area (Å²) in [5.74, 6) is 0. The van der Waals surface area contributed by atoms with Gasteiger partial charge in [0.15, 0.2) is 9.84 Å². The maximum Gasteiger partial charge on any atom is 0.156 e. The van der Waals surface area contributed by atoms with Crippen LogP contribution in [-0.4, -0.2) is 19.9 Å². The molecule has 0 saturated carbocycles. The van der Waals surface area contributed by atoms with Gasteiger partial charge in [-0.05, 0) is 25.0 Å². The first kappa shape index (κ1) is 13.2. The molecular weight excluding hydrogens is 226 g/mol. The Morgan fingerprint density at radius 3 is 2.12 bits per heavy atom. The van der Waals surface area contributed by atoms with Gasteiger partial charge in [0, 0.05) is 12.8 Å². The fraction of sp³-hybridized carbons (Fsp3) is 0.455. The lowest BCUT2D eigenvalue weighted by Crippen LogP contribution is -2.28. The van der Waals surface area contributed by atoms with Crippen molar-refractivity contribution in [3.05, 3.63) is 35.4 Å². The molecule has 0 aliphatic heterocycles. The average Bonchev–Trinajstić information content (AvgIpc) is 2.17. The number of benzene rings is 1. The molecule has 0 unspecified atom stereocenters. The van der Waals surface area contributed by atoms with Crippen LogP contribution in [0.2, 0.25) is 0 Å². The molecule has 0 atom stereocenters. The van der Waals surface area contributed by atoms with Crippen molar-refractivity contribution in [2.45, 2.75) is 25.1 Å². The van der Waals surface area contributed by atoms with Gasteiger partial charge in [0.05, 0.1) is 4.75 Å². The zero-order valence-corrected chi connectivity index (χ0v) is 10.5. The second-order valence-corrected chi connectivity index (χ2v) is 6.88. The number of rotatable bonds is 4. The minimum atomic E-state index is -3.15. The van der Waals surface area contributed by atoms with Gasteiger partial charge in [-0.3, -0.25) is 0 Å². The zero-order valence-electron chi connectivity index (χ0n) is 9.69. The fourth-order valence-electron chi connectivity index (χ4n) is 1.33. The summed E-state index contributed by atoms with van der Waals surface area (Å²) >= 11 is 0. The molecule has 0 aromatic heterocycles. The number of hydroxylamine groups is 1. The van der Waals surface area contributed by atoms with Crippen LogP contribution in [0.5, 0.6) is 0 Å². The van der Waals surface area contributed by atoms with E-state index in [1.54, 1.807) is 38.1 Å². The van der Waals surface area contributed by atoms with E-state index in [9.17, 15) is 8.42 Å². The molecular formula is C11H17NO3S. The molecule has 0 spiro atoms. The van der Waals surface area contributed by atoms with Crippen LogP contribution < -0.4 is 5.48 Å². The van der Waals surface area contributed by atoms with Gasteiger partial charge in [-0.1, -0.05) is 24.3 Å². The van der Waals surface area contributed by atoms with Gasteiger partial charge in [0.1, 0.15) is 0 Å². The van der Waals surface area contributed by atoms with Crippen LogP contribution in [0.1, 0.15) is 25.0 Å². The smallest absolute Gasteiger partial charge is 0.156 e. The van der Waals surface area contributed by atoms with Crippen molar-refractivity contribution in [2.24, 2.45) is 0 Å². The summed E-state index contributed by atoms with van der Waals surface area (Å²) in [5.41, 5.74) is 3.70. The summed E-state index contributed by atoms with van der Waals surface area (Å²) in [6, 6.07) is 7.14. The highest BCUT2D eigenvalue weighted by atomic mass is 32.2. The van der Waals surface area contributed by atoms with Gasteiger partial charge in [0.25, 0.3) is 0 Å². The summed E-state index contributed by atoms with van der Waals surface area (Å²) < 4.78 is 22.3. The summed E-state index contributed by atoms with van der Waals surface area (Å²) in [6.07, 6.45) is 1.23. The summed E-state index contributed by atoms with van der Waals surface area (Å²) in [5, 5.41) is 8.53. The third kappa shape index (κ3) is 2.61. The molecule has 0 saturated heterocycles. The monoisotopic (exact) mass is 243 g/mol. The Morgan fingerprint density at radius 1 is 1.25 bits per heavy atom. The van der Waals surface area contributed by atoms with Crippen LogP contribution in [0.4, 0.5) is 0 Å². The lowest BCUT2D eigenvalue weighted by molar-refractivity contribution is 0.161. The lowest BCUT2D eigenvalue weighted by atomic mass is 10.0. The van der Waals surface area contributed by atoms with Crippen molar-refractivity contribution < 1.29 is 13.6 Å². The van der Waals surface area contributed by atoms with Crippen LogP contribution in [-0.2, 0) is 21.1 Å². The molecule has 0 aliphatic carbocycles. The van der Waals surface area contributed by atoms with Crippen molar-refractivity contribution in [1.29, 1.82) is 0 Å². The van der Waals surface area contributed by atoms with Gasteiger partial charge in [-0.25, -0.2) is 13.9 Å². The first-order valence-electron chi connectivity index (χ1n) is 4.95. The lowest BCUT2D eigenvalue weighted by Gasteiger charge is -2.23. The fourth-order valence-corrected chi connectivity index (χ4v) is 1.89. The second-order valence-electron chi connectivity index (χ2n) is 4.31. The second kappa shape index (κ2) is 4.53. The van der Waals surface area contributed by atoms with E-state index < -0.39 is 14.6 Å². The first-order valence-corrected chi connectivity index (χ1v) is 6.84. The minimum absolute atomic E-state index is 0.347. The third-order valence-corrected chi connectivity index (χ3v) is 4.95. The Balaban J connectivity index is 3.07. The minimum Gasteiger partial charge on any atom is -0.316 e. The molecule has 0 heterocycles. The van der Waals surface area contributed by atoms with Crippen LogP contribution in [0.25, 0.3) is 0 Å². The molecule has 0 bridgehead atoms. The maximum absolute atomic E-state index is 11.6. The highest BCUT2D eigenvalue weighted by molar-refractivity contribution is 7.91. The Bertz CT molecular complexity index is 449. The molecule has 0 radical (unpaired) electrons. The molecule has 16 heavy (non-hydrogen) atoms. The molecule has 1 rings (SSSR count). The van der Waals surface area contributed by atoms with E-state index in [1.165, 1.54) is 6.26 Å². The molecule has 4 nitrogen and oxygen atoms in total. The number of sulfone groups is 1. The molecule has 1 aromatic rings. The maximum atomic E-state index is 11.6. The van der Waals surface area contributed by atoms with Gasteiger partial charge in [0.2, 0.25) is 0 Å². The average molecular weight is 243 g/mol. The van der Waals surface area contributed by atoms with Crippen molar-refractivity contribution >= 4 is 9.84 Å². The van der Waals surface area contributed by atoms with E-state index in [2.05, 4.69) is 5.48 Å². The molecule has 90 valence electrons. The predicted octanol–water partition coefficient (Wildman–Crippen LogP) is 1.45. The first-order chi connectivity index (χ1) is 7.29. The Kier molecular flexibility index (Phi) is 3.72. The number of nitrogens with one attached hydrogen (secondary N) is 1. The quantitative estimate of drug-likeness (QED) is 0.785. The Labute approximate surface area is 96.2 Å². The molecule has 2 N–H and O–H groups in total. The van der Waals surface area contributed by atoms with Crippen LogP contribution in [0.3, 0.4) is 0 Å². The van der Waals surface area contributed by atoms with E-state index in [4.69, 9.17) is 5.21 Å². The standard InChI is InChI=1S/C11H17NO3S/c1-11(2,16(3,14)15)10-6-4-9(5-7-10)8-12-13/h4-7,12-13H,8H2,1-3H3. The zero-order chi connectivity index (χ0) is 12.4. The van der Waals surface area contributed by atoms with Crippen molar-refractivity contribution in [2.75, 3.05) is 6.26 Å². The van der Waals surface area contributed by atoms with Gasteiger partial charge in [-0.2, -0.15) is 0 Å². The van der Waals surface area contributed by atoms with Gasteiger partial charge in [-0.15, -0.1) is 0 Å². The normalized spacial score (nSPS) is 12.8. The van der Waals surface area contributed by atoms with E-state index in [0.29, 0.717) is 6.54 Å².